The minimum Gasteiger partial charge on any atom is -0.203 e. The van der Waals surface area contributed by atoms with Gasteiger partial charge in [-0.3, -0.25) is 0 Å². The summed E-state index contributed by atoms with van der Waals surface area (Å²) in [5.41, 5.74) is 8.02. The predicted octanol–water partition coefficient (Wildman–Crippen LogP) is 3.54. The summed E-state index contributed by atoms with van der Waals surface area (Å²) in [6.07, 6.45) is 0. The molecule has 0 saturated heterocycles. The van der Waals surface area contributed by atoms with E-state index >= 15 is 0 Å². The highest BCUT2D eigenvalue weighted by molar-refractivity contribution is 9.10. The van der Waals surface area contributed by atoms with Gasteiger partial charge in [0.25, 0.3) is 0 Å². The zero-order valence-corrected chi connectivity index (χ0v) is 7.92. The first-order valence-corrected chi connectivity index (χ1v) is 4.09. The van der Waals surface area contributed by atoms with E-state index in [-0.39, 0.29) is 16.6 Å². The van der Waals surface area contributed by atoms with Crippen molar-refractivity contribution >= 4 is 15.9 Å². The molecule has 13 heavy (non-hydrogen) atoms. The van der Waals surface area contributed by atoms with E-state index in [0.717, 1.165) is 0 Å². The zero-order chi connectivity index (χ0) is 9.84. The third-order valence-electron chi connectivity index (χ3n) is 1.42. The summed E-state index contributed by atoms with van der Waals surface area (Å²) in [6.45, 7) is -0.188. The van der Waals surface area contributed by atoms with Gasteiger partial charge in [-0.15, -0.1) is 0 Å². The smallest absolute Gasteiger partial charge is 0.173 e. The first-order valence-electron chi connectivity index (χ1n) is 3.30. The van der Waals surface area contributed by atoms with Gasteiger partial charge in [0.2, 0.25) is 0 Å². The van der Waals surface area contributed by atoms with Gasteiger partial charge in [0.15, 0.2) is 11.6 Å². The molecule has 1 aromatic carbocycles. The average Bonchev–Trinajstić information content (AvgIpc) is 2.13. The highest BCUT2D eigenvalue weighted by Crippen LogP contribution is 2.21. The number of halogens is 3. The summed E-state index contributed by atoms with van der Waals surface area (Å²) in [5.74, 6) is -1.95. The quantitative estimate of drug-likeness (QED) is 0.332. The van der Waals surface area contributed by atoms with E-state index in [0.29, 0.717) is 0 Å². The lowest BCUT2D eigenvalue weighted by atomic mass is 10.2. The molecular weight excluding hydrogens is 244 g/mol. The fourth-order valence-corrected chi connectivity index (χ4v) is 1.10. The molecule has 0 aromatic heterocycles. The highest BCUT2D eigenvalue weighted by Gasteiger charge is 2.10. The summed E-state index contributed by atoms with van der Waals surface area (Å²) in [4.78, 5) is 2.45. The van der Waals surface area contributed by atoms with Gasteiger partial charge in [-0.25, -0.2) is 8.78 Å². The maximum atomic E-state index is 13.0. The number of hydrogen-bond donors (Lipinski definition) is 0. The molecule has 1 aromatic rings. The van der Waals surface area contributed by atoms with E-state index in [1.54, 1.807) is 0 Å². The van der Waals surface area contributed by atoms with Gasteiger partial charge in [-0.05, 0) is 33.1 Å². The zero-order valence-electron chi connectivity index (χ0n) is 6.34. The SMILES string of the molecule is [N-]=[N+]=NCc1ccc(Br)c(F)c1F. The van der Waals surface area contributed by atoms with Crippen LogP contribution in [0.25, 0.3) is 10.4 Å². The Morgan fingerprint density at radius 3 is 2.69 bits per heavy atom. The molecular formula is C7H4BrF2N3. The van der Waals surface area contributed by atoms with Crippen molar-refractivity contribution in [3.8, 4) is 0 Å². The summed E-state index contributed by atoms with van der Waals surface area (Å²) >= 11 is 2.83. The molecule has 0 atom stereocenters. The van der Waals surface area contributed by atoms with Crippen LogP contribution in [0, 0.1) is 11.6 Å². The summed E-state index contributed by atoms with van der Waals surface area (Å²) in [6, 6.07) is 2.72. The van der Waals surface area contributed by atoms with Crippen LogP contribution in [0.15, 0.2) is 21.7 Å². The highest BCUT2D eigenvalue weighted by atomic mass is 79.9. The maximum absolute atomic E-state index is 13.0. The number of hydrogen-bond acceptors (Lipinski definition) is 1. The fraction of sp³-hybridized carbons (Fsp3) is 0.143. The normalized spacial score (nSPS) is 9.46. The number of benzene rings is 1. The molecule has 6 heteroatoms. The topological polar surface area (TPSA) is 48.8 Å². The van der Waals surface area contributed by atoms with Gasteiger partial charge in [0.1, 0.15) is 0 Å². The van der Waals surface area contributed by atoms with Crippen LogP contribution in [0.3, 0.4) is 0 Å². The lowest BCUT2D eigenvalue weighted by Crippen LogP contribution is -1.93. The Balaban J connectivity index is 3.10. The lowest BCUT2D eigenvalue weighted by molar-refractivity contribution is 0.495. The average molecular weight is 248 g/mol. The van der Waals surface area contributed by atoms with Crippen LogP contribution in [0.4, 0.5) is 8.78 Å². The van der Waals surface area contributed by atoms with Gasteiger partial charge in [0, 0.05) is 4.91 Å². The molecule has 0 aliphatic heterocycles. The van der Waals surface area contributed by atoms with Crippen molar-refractivity contribution in [3.05, 3.63) is 44.2 Å². The van der Waals surface area contributed by atoms with Gasteiger partial charge in [-0.2, -0.15) is 0 Å². The Labute approximate surface area is 81.1 Å². The number of nitrogens with zero attached hydrogens (tertiary/aromatic N) is 3. The number of rotatable bonds is 2. The fourth-order valence-electron chi connectivity index (χ4n) is 0.796. The van der Waals surface area contributed by atoms with Crippen LogP contribution in [0.5, 0.6) is 0 Å². The van der Waals surface area contributed by atoms with Crippen molar-refractivity contribution in [1.82, 2.24) is 0 Å². The van der Waals surface area contributed by atoms with Crippen LogP contribution in [0.2, 0.25) is 0 Å². The van der Waals surface area contributed by atoms with Crippen molar-refractivity contribution in [2.24, 2.45) is 5.11 Å². The van der Waals surface area contributed by atoms with E-state index in [9.17, 15) is 8.78 Å². The summed E-state index contributed by atoms with van der Waals surface area (Å²) < 4.78 is 25.9. The Morgan fingerprint density at radius 2 is 2.08 bits per heavy atom. The van der Waals surface area contributed by atoms with Crippen molar-refractivity contribution in [1.29, 1.82) is 0 Å². The molecule has 0 aliphatic carbocycles. The first kappa shape index (κ1) is 9.95. The largest absolute Gasteiger partial charge is 0.203 e. The van der Waals surface area contributed by atoms with E-state index in [2.05, 4.69) is 26.0 Å². The van der Waals surface area contributed by atoms with Crippen LogP contribution in [0.1, 0.15) is 5.56 Å². The molecule has 0 amide bonds. The van der Waals surface area contributed by atoms with E-state index in [1.807, 2.05) is 0 Å². The molecule has 0 saturated carbocycles. The Bertz CT molecular complexity index is 374. The second-order valence-electron chi connectivity index (χ2n) is 2.22. The van der Waals surface area contributed by atoms with Gasteiger partial charge in [-0.1, -0.05) is 11.2 Å². The third-order valence-corrected chi connectivity index (χ3v) is 2.03. The Hall–Kier alpha value is -1.13. The second-order valence-corrected chi connectivity index (χ2v) is 3.08. The maximum Gasteiger partial charge on any atom is 0.173 e. The van der Waals surface area contributed by atoms with Crippen molar-refractivity contribution in [2.45, 2.75) is 6.54 Å². The molecule has 0 fully saturated rings. The molecule has 68 valence electrons. The third kappa shape index (κ3) is 2.17. The van der Waals surface area contributed by atoms with Crippen LogP contribution < -0.4 is 0 Å². The standard InChI is InChI=1S/C7H4BrF2N3/c8-5-2-1-4(3-12-13-11)6(9)7(5)10/h1-2H,3H2. The van der Waals surface area contributed by atoms with E-state index in [4.69, 9.17) is 5.53 Å². The Morgan fingerprint density at radius 1 is 1.38 bits per heavy atom. The van der Waals surface area contributed by atoms with Crippen LogP contribution in [-0.2, 0) is 6.54 Å². The molecule has 1 rings (SSSR count). The summed E-state index contributed by atoms with van der Waals surface area (Å²) in [5, 5.41) is 3.13. The predicted molar refractivity (Wildman–Crippen MR) is 46.9 cm³/mol. The molecule has 0 aliphatic rings. The van der Waals surface area contributed by atoms with Crippen molar-refractivity contribution in [2.75, 3.05) is 0 Å². The molecule has 0 unspecified atom stereocenters. The van der Waals surface area contributed by atoms with Crippen LogP contribution >= 0.6 is 15.9 Å². The molecule has 0 bridgehead atoms. The Kier molecular flexibility index (Phi) is 3.22. The minimum atomic E-state index is -0.984. The van der Waals surface area contributed by atoms with E-state index < -0.39 is 11.6 Å². The van der Waals surface area contributed by atoms with Gasteiger partial charge < -0.3 is 0 Å². The number of azide groups is 1. The summed E-state index contributed by atoms with van der Waals surface area (Å²) in [7, 11) is 0. The molecule has 0 N–H and O–H groups in total. The second kappa shape index (κ2) is 4.20. The minimum absolute atomic E-state index is 0.0403. The molecule has 3 nitrogen and oxygen atoms in total. The van der Waals surface area contributed by atoms with Crippen molar-refractivity contribution in [3.63, 3.8) is 0 Å². The monoisotopic (exact) mass is 247 g/mol. The van der Waals surface area contributed by atoms with Crippen molar-refractivity contribution < 1.29 is 8.78 Å². The first-order chi connectivity index (χ1) is 6.16. The van der Waals surface area contributed by atoms with E-state index in [1.165, 1.54) is 12.1 Å². The molecule has 0 spiro atoms. The molecule has 0 heterocycles. The van der Waals surface area contributed by atoms with Gasteiger partial charge in [0.05, 0.1) is 11.0 Å². The lowest BCUT2D eigenvalue weighted by Gasteiger charge is -2.00. The molecule has 0 radical (unpaired) electrons. The van der Waals surface area contributed by atoms with Crippen LogP contribution in [-0.4, -0.2) is 0 Å². The van der Waals surface area contributed by atoms with Gasteiger partial charge >= 0.3 is 0 Å².